The van der Waals surface area contributed by atoms with Gasteiger partial charge in [0.25, 0.3) is 0 Å². The zero-order valence-electron chi connectivity index (χ0n) is 13.1. The second-order valence-corrected chi connectivity index (χ2v) is 5.49. The second kappa shape index (κ2) is 8.70. The number of hydrogen-bond donors (Lipinski definition) is 1. The normalized spacial score (nSPS) is 10.1. The molecule has 0 aliphatic heterocycles. The fourth-order valence-corrected chi connectivity index (χ4v) is 1.43. The summed E-state index contributed by atoms with van der Waals surface area (Å²) in [6.07, 6.45) is 2.16. The lowest BCUT2D eigenvalue weighted by Crippen LogP contribution is -2.24. The van der Waals surface area contributed by atoms with Gasteiger partial charge in [-0.25, -0.2) is 9.59 Å². The number of alkyl carbamates (subject to hydrolysis) is 1. The number of amides is 1. The van der Waals surface area contributed by atoms with Crippen molar-refractivity contribution in [2.45, 2.75) is 33.0 Å². The molecular formula is C17H21NO4. The molecule has 1 N–H and O–H groups in total. The first kappa shape index (κ1) is 17.5. The van der Waals surface area contributed by atoms with Gasteiger partial charge in [-0.2, -0.15) is 0 Å². The number of hydrogen-bond acceptors (Lipinski definition) is 4. The van der Waals surface area contributed by atoms with Crippen molar-refractivity contribution in [2.24, 2.45) is 0 Å². The van der Waals surface area contributed by atoms with Gasteiger partial charge in [0.15, 0.2) is 0 Å². The largest absolute Gasteiger partial charge is 0.456 e. The van der Waals surface area contributed by atoms with Crippen molar-refractivity contribution in [1.29, 1.82) is 0 Å². The fraction of sp³-hybridized carbons (Fsp3) is 0.353. The smallest absolute Gasteiger partial charge is 0.407 e. The summed E-state index contributed by atoms with van der Waals surface area (Å²) < 4.78 is 10.1. The van der Waals surface area contributed by atoms with Crippen molar-refractivity contribution in [1.82, 2.24) is 5.32 Å². The molecule has 5 heteroatoms. The third-order valence-corrected chi connectivity index (χ3v) is 2.29. The minimum atomic E-state index is -0.533. The van der Waals surface area contributed by atoms with Crippen LogP contribution < -0.4 is 5.32 Å². The standard InChI is InChI=1S/C17H21NO4/c1-17(2,3)22-15(19)11-7-8-12-18-16(20)21-13-14-9-5-4-6-10-14/h4-6,8-11H,12-13H2,1-3H3,(H,18,20). The molecule has 0 radical (unpaired) electrons. The Hall–Kier alpha value is -2.52. The minimum absolute atomic E-state index is 0.212. The molecule has 0 saturated heterocycles. The van der Waals surface area contributed by atoms with Crippen molar-refractivity contribution in [2.75, 3.05) is 6.54 Å². The summed E-state index contributed by atoms with van der Waals surface area (Å²) in [5, 5.41) is 2.52. The van der Waals surface area contributed by atoms with E-state index in [9.17, 15) is 9.59 Å². The van der Waals surface area contributed by atoms with Crippen LogP contribution in [0.1, 0.15) is 26.3 Å². The van der Waals surface area contributed by atoms with Gasteiger partial charge in [0.2, 0.25) is 0 Å². The van der Waals surface area contributed by atoms with E-state index >= 15 is 0 Å². The molecule has 1 aromatic carbocycles. The van der Waals surface area contributed by atoms with E-state index in [0.29, 0.717) is 0 Å². The Bertz CT molecular complexity index is 552. The van der Waals surface area contributed by atoms with Gasteiger partial charge in [0.1, 0.15) is 12.2 Å². The Labute approximate surface area is 130 Å². The van der Waals surface area contributed by atoms with E-state index in [0.717, 1.165) is 5.56 Å². The van der Waals surface area contributed by atoms with Crippen LogP contribution in [-0.4, -0.2) is 24.2 Å². The van der Waals surface area contributed by atoms with Gasteiger partial charge in [0.05, 0.1) is 6.08 Å². The van der Waals surface area contributed by atoms with E-state index < -0.39 is 17.7 Å². The van der Waals surface area contributed by atoms with Crippen LogP contribution in [0.2, 0.25) is 0 Å². The lowest BCUT2D eigenvalue weighted by Gasteiger charge is -2.17. The molecule has 0 bridgehead atoms. The van der Waals surface area contributed by atoms with Crippen LogP contribution in [0.5, 0.6) is 0 Å². The van der Waals surface area contributed by atoms with Crippen molar-refractivity contribution in [3.05, 3.63) is 53.8 Å². The molecule has 1 amide bonds. The van der Waals surface area contributed by atoms with E-state index in [1.807, 2.05) is 30.3 Å². The number of carbonyl (C=O) groups excluding carboxylic acids is 2. The SMILES string of the molecule is CC(C)(C)OC(=O)C=C=CCNC(=O)OCc1ccccc1. The fourth-order valence-electron chi connectivity index (χ4n) is 1.43. The van der Waals surface area contributed by atoms with E-state index in [4.69, 9.17) is 9.47 Å². The topological polar surface area (TPSA) is 64.6 Å². The number of ether oxygens (including phenoxy) is 2. The number of rotatable bonds is 5. The number of esters is 1. The lowest BCUT2D eigenvalue weighted by molar-refractivity contribution is -0.148. The van der Waals surface area contributed by atoms with E-state index in [1.54, 1.807) is 20.8 Å². The molecule has 0 aliphatic rings. The highest BCUT2D eigenvalue weighted by atomic mass is 16.6. The van der Waals surface area contributed by atoms with Crippen LogP contribution in [0.3, 0.4) is 0 Å². The summed E-state index contributed by atoms with van der Waals surface area (Å²) in [4.78, 5) is 22.8. The highest BCUT2D eigenvalue weighted by Gasteiger charge is 2.13. The first-order chi connectivity index (χ1) is 10.4. The van der Waals surface area contributed by atoms with Gasteiger partial charge in [-0.05, 0) is 32.4 Å². The van der Waals surface area contributed by atoms with E-state index in [1.165, 1.54) is 12.2 Å². The highest BCUT2D eigenvalue weighted by Crippen LogP contribution is 2.06. The van der Waals surface area contributed by atoms with E-state index in [2.05, 4.69) is 11.0 Å². The first-order valence-electron chi connectivity index (χ1n) is 6.95. The Morgan fingerprint density at radius 2 is 1.91 bits per heavy atom. The molecule has 5 nitrogen and oxygen atoms in total. The monoisotopic (exact) mass is 303 g/mol. The van der Waals surface area contributed by atoms with Crippen LogP contribution in [0.15, 0.2) is 48.2 Å². The first-order valence-corrected chi connectivity index (χ1v) is 6.95. The Morgan fingerprint density at radius 1 is 1.23 bits per heavy atom. The molecule has 1 aromatic rings. The van der Waals surface area contributed by atoms with Crippen molar-refractivity contribution in [3.63, 3.8) is 0 Å². The maximum absolute atomic E-state index is 11.4. The molecule has 118 valence electrons. The molecule has 0 aliphatic carbocycles. The van der Waals surface area contributed by atoms with Gasteiger partial charge in [0, 0.05) is 6.54 Å². The van der Waals surface area contributed by atoms with Crippen LogP contribution in [0.25, 0.3) is 0 Å². The molecule has 1 rings (SSSR count). The molecule has 0 saturated carbocycles. The number of carbonyl (C=O) groups is 2. The molecule has 22 heavy (non-hydrogen) atoms. The van der Waals surface area contributed by atoms with Crippen LogP contribution in [-0.2, 0) is 20.9 Å². The number of benzene rings is 1. The molecular weight excluding hydrogens is 282 g/mol. The Balaban J connectivity index is 2.24. The third-order valence-electron chi connectivity index (χ3n) is 2.29. The van der Waals surface area contributed by atoms with E-state index in [-0.39, 0.29) is 13.2 Å². The van der Waals surface area contributed by atoms with Gasteiger partial charge in [-0.1, -0.05) is 30.3 Å². The van der Waals surface area contributed by atoms with Crippen molar-refractivity contribution >= 4 is 12.1 Å². The van der Waals surface area contributed by atoms with Crippen LogP contribution in [0, 0.1) is 0 Å². The molecule has 0 unspecified atom stereocenters. The average Bonchev–Trinajstić information content (AvgIpc) is 2.44. The molecule has 0 aromatic heterocycles. The maximum atomic E-state index is 11.4. The third kappa shape index (κ3) is 8.61. The Kier molecular flexibility index (Phi) is 6.93. The average molecular weight is 303 g/mol. The second-order valence-electron chi connectivity index (χ2n) is 5.49. The summed E-state index contributed by atoms with van der Waals surface area (Å²) >= 11 is 0. The summed E-state index contributed by atoms with van der Waals surface area (Å²) in [5.74, 6) is -0.476. The van der Waals surface area contributed by atoms with Gasteiger partial charge in [-0.15, -0.1) is 5.73 Å². The summed E-state index contributed by atoms with van der Waals surface area (Å²) in [6, 6.07) is 9.39. The molecule has 0 heterocycles. The maximum Gasteiger partial charge on any atom is 0.407 e. The minimum Gasteiger partial charge on any atom is -0.456 e. The molecule has 0 atom stereocenters. The van der Waals surface area contributed by atoms with Crippen LogP contribution in [0.4, 0.5) is 4.79 Å². The summed E-state index contributed by atoms with van der Waals surface area (Å²) in [7, 11) is 0. The van der Waals surface area contributed by atoms with Gasteiger partial charge < -0.3 is 14.8 Å². The predicted molar refractivity (Wildman–Crippen MR) is 83.1 cm³/mol. The summed E-state index contributed by atoms with van der Waals surface area (Å²) in [6.45, 7) is 5.78. The van der Waals surface area contributed by atoms with Crippen molar-refractivity contribution in [3.8, 4) is 0 Å². The van der Waals surface area contributed by atoms with Crippen molar-refractivity contribution < 1.29 is 19.1 Å². The zero-order valence-corrected chi connectivity index (χ0v) is 13.1. The van der Waals surface area contributed by atoms with Gasteiger partial charge in [-0.3, -0.25) is 0 Å². The number of nitrogens with one attached hydrogen (secondary N) is 1. The molecule has 0 fully saturated rings. The van der Waals surface area contributed by atoms with Gasteiger partial charge >= 0.3 is 12.1 Å². The Morgan fingerprint density at radius 3 is 2.55 bits per heavy atom. The summed E-state index contributed by atoms with van der Waals surface area (Å²) in [5.41, 5.74) is 3.02. The molecule has 0 spiro atoms. The predicted octanol–water partition coefficient (Wildman–Crippen LogP) is 2.97. The quantitative estimate of drug-likeness (QED) is 0.516. The van der Waals surface area contributed by atoms with Crippen LogP contribution >= 0.6 is 0 Å². The lowest BCUT2D eigenvalue weighted by atomic mass is 10.2. The zero-order chi connectivity index (χ0) is 16.4. The highest BCUT2D eigenvalue weighted by molar-refractivity contribution is 5.82.